The Balaban J connectivity index is 2.22. The number of nitrogens with zero attached hydrogens (tertiary/aromatic N) is 1. The van der Waals surface area contributed by atoms with Crippen LogP contribution in [-0.4, -0.2) is 31.7 Å². The molecule has 2 aromatic rings. The molecule has 0 atom stereocenters. The van der Waals surface area contributed by atoms with Gasteiger partial charge in [-0.15, -0.1) is 0 Å². The highest BCUT2D eigenvalue weighted by atomic mass is 32.2. The molecule has 1 N–H and O–H groups in total. The van der Waals surface area contributed by atoms with Crippen LogP contribution in [-0.2, 0) is 10.0 Å². The lowest BCUT2D eigenvalue weighted by molar-refractivity contribution is 0.102. The number of amides is 1. The number of anilines is 1. The first-order valence-corrected chi connectivity index (χ1v) is 9.21. The number of benzene rings is 2. The van der Waals surface area contributed by atoms with Crippen molar-refractivity contribution in [3.05, 3.63) is 59.4 Å². The molecular weight excluding hydrogens is 369 g/mol. The zero-order valence-corrected chi connectivity index (χ0v) is 14.9. The Hall–Kier alpha value is -2.39. The van der Waals surface area contributed by atoms with Crippen molar-refractivity contribution in [3.63, 3.8) is 0 Å². The van der Waals surface area contributed by atoms with Crippen LogP contribution in [0.25, 0.3) is 0 Å². The summed E-state index contributed by atoms with van der Waals surface area (Å²) >= 11 is 0. The second kappa shape index (κ2) is 7.88. The first kappa shape index (κ1) is 19.9. The molecule has 0 aromatic heterocycles. The maximum atomic E-state index is 13.6. The summed E-state index contributed by atoms with van der Waals surface area (Å²) in [6.07, 6.45) is 0. The van der Waals surface area contributed by atoms with E-state index >= 15 is 0 Å². The molecule has 0 saturated heterocycles. The number of carbonyl (C=O) groups excluding carboxylic acids is 1. The lowest BCUT2D eigenvalue weighted by atomic mass is 10.1. The Bertz CT molecular complexity index is 912. The van der Waals surface area contributed by atoms with E-state index in [9.17, 15) is 26.4 Å². The monoisotopic (exact) mass is 386 g/mol. The summed E-state index contributed by atoms with van der Waals surface area (Å²) in [5.74, 6) is -5.72. The standard InChI is InChI=1S/C17H17F3N2O3S/c1-3-22(4-2)26(24,25)12-7-5-11(6-8-12)21-17(23)13-9-10-14(18)16(20)15(13)19/h5-10H,3-4H2,1-2H3,(H,21,23). The van der Waals surface area contributed by atoms with E-state index in [1.165, 1.54) is 28.6 Å². The van der Waals surface area contributed by atoms with Crippen LogP contribution in [0, 0.1) is 17.5 Å². The van der Waals surface area contributed by atoms with Crippen LogP contribution in [0.15, 0.2) is 41.3 Å². The number of hydrogen-bond donors (Lipinski definition) is 1. The van der Waals surface area contributed by atoms with E-state index in [1.54, 1.807) is 13.8 Å². The average Bonchev–Trinajstić information content (AvgIpc) is 2.61. The van der Waals surface area contributed by atoms with Crippen molar-refractivity contribution < 1.29 is 26.4 Å². The molecule has 0 saturated carbocycles. The lowest BCUT2D eigenvalue weighted by Gasteiger charge is -2.18. The van der Waals surface area contributed by atoms with Crippen molar-refractivity contribution >= 4 is 21.6 Å². The van der Waals surface area contributed by atoms with Gasteiger partial charge in [0.15, 0.2) is 17.5 Å². The van der Waals surface area contributed by atoms with E-state index in [2.05, 4.69) is 5.32 Å². The van der Waals surface area contributed by atoms with Gasteiger partial charge < -0.3 is 5.32 Å². The van der Waals surface area contributed by atoms with Crippen LogP contribution in [0.1, 0.15) is 24.2 Å². The summed E-state index contributed by atoms with van der Waals surface area (Å²) in [6.45, 7) is 4.05. The zero-order valence-electron chi connectivity index (χ0n) is 14.1. The minimum Gasteiger partial charge on any atom is -0.322 e. The molecular formula is C17H17F3N2O3S. The third-order valence-corrected chi connectivity index (χ3v) is 5.80. The third kappa shape index (κ3) is 3.88. The summed E-state index contributed by atoms with van der Waals surface area (Å²) in [4.78, 5) is 12.1. The largest absolute Gasteiger partial charge is 0.322 e. The fourth-order valence-electron chi connectivity index (χ4n) is 2.32. The van der Waals surface area contributed by atoms with Gasteiger partial charge in [0.05, 0.1) is 10.5 Å². The van der Waals surface area contributed by atoms with Crippen molar-refractivity contribution in [1.82, 2.24) is 4.31 Å². The maximum Gasteiger partial charge on any atom is 0.258 e. The Labute approximate surface area is 149 Å². The van der Waals surface area contributed by atoms with Crippen molar-refractivity contribution in [2.75, 3.05) is 18.4 Å². The molecule has 1 amide bonds. The summed E-state index contributed by atoms with van der Waals surface area (Å²) in [5, 5.41) is 2.31. The van der Waals surface area contributed by atoms with Crippen molar-refractivity contribution in [1.29, 1.82) is 0 Å². The molecule has 0 aliphatic carbocycles. The van der Waals surface area contributed by atoms with Gasteiger partial charge in [-0.2, -0.15) is 4.31 Å². The molecule has 0 spiro atoms. The highest BCUT2D eigenvalue weighted by Gasteiger charge is 2.22. The van der Waals surface area contributed by atoms with Gasteiger partial charge in [-0.25, -0.2) is 21.6 Å². The quantitative estimate of drug-likeness (QED) is 0.774. The second-order valence-corrected chi connectivity index (χ2v) is 7.23. The van der Waals surface area contributed by atoms with E-state index in [0.717, 1.165) is 6.07 Å². The van der Waals surface area contributed by atoms with Crippen LogP contribution in [0.4, 0.5) is 18.9 Å². The molecule has 0 unspecified atom stereocenters. The van der Waals surface area contributed by atoms with Gasteiger partial charge in [0.2, 0.25) is 10.0 Å². The zero-order chi connectivity index (χ0) is 19.5. The molecule has 26 heavy (non-hydrogen) atoms. The molecule has 0 radical (unpaired) electrons. The van der Waals surface area contributed by atoms with E-state index in [4.69, 9.17) is 0 Å². The first-order chi connectivity index (χ1) is 12.2. The fourth-order valence-corrected chi connectivity index (χ4v) is 3.78. The van der Waals surface area contributed by atoms with Gasteiger partial charge in [-0.05, 0) is 36.4 Å². The van der Waals surface area contributed by atoms with Crippen LogP contribution >= 0.6 is 0 Å². The number of halogens is 3. The second-order valence-electron chi connectivity index (χ2n) is 5.29. The molecule has 9 heteroatoms. The first-order valence-electron chi connectivity index (χ1n) is 7.77. The Kier molecular flexibility index (Phi) is 6.04. The molecule has 0 bridgehead atoms. The molecule has 2 aromatic carbocycles. The normalized spacial score (nSPS) is 11.6. The SMILES string of the molecule is CCN(CC)S(=O)(=O)c1ccc(NC(=O)c2ccc(F)c(F)c2F)cc1. The van der Waals surface area contributed by atoms with Crippen LogP contribution in [0.5, 0.6) is 0 Å². The van der Waals surface area contributed by atoms with Gasteiger partial charge in [0, 0.05) is 18.8 Å². The summed E-state index contributed by atoms with van der Waals surface area (Å²) in [5.41, 5.74) is -0.485. The van der Waals surface area contributed by atoms with Gasteiger partial charge in [-0.1, -0.05) is 13.8 Å². The third-order valence-electron chi connectivity index (χ3n) is 3.74. The van der Waals surface area contributed by atoms with Crippen molar-refractivity contribution in [3.8, 4) is 0 Å². The van der Waals surface area contributed by atoms with Crippen molar-refractivity contribution in [2.24, 2.45) is 0 Å². The minimum absolute atomic E-state index is 0.0400. The Morgan fingerprint density at radius 3 is 2.08 bits per heavy atom. The Morgan fingerprint density at radius 1 is 0.962 bits per heavy atom. The predicted octanol–water partition coefficient (Wildman–Crippen LogP) is 3.39. The number of hydrogen-bond acceptors (Lipinski definition) is 3. The molecule has 0 aliphatic rings. The van der Waals surface area contributed by atoms with Gasteiger partial charge in [0.25, 0.3) is 5.91 Å². The Morgan fingerprint density at radius 2 is 1.54 bits per heavy atom. The molecule has 5 nitrogen and oxygen atoms in total. The molecule has 140 valence electrons. The van der Waals surface area contributed by atoms with E-state index in [0.29, 0.717) is 19.2 Å². The highest BCUT2D eigenvalue weighted by Crippen LogP contribution is 2.20. The van der Waals surface area contributed by atoms with Crippen LogP contribution in [0.2, 0.25) is 0 Å². The van der Waals surface area contributed by atoms with Gasteiger partial charge in [-0.3, -0.25) is 4.79 Å². The molecule has 0 fully saturated rings. The fraction of sp³-hybridized carbons (Fsp3) is 0.235. The van der Waals surface area contributed by atoms with Gasteiger partial charge >= 0.3 is 0 Å². The number of carbonyl (C=O) groups is 1. The summed E-state index contributed by atoms with van der Waals surface area (Å²) < 4.78 is 65.8. The lowest BCUT2D eigenvalue weighted by Crippen LogP contribution is -2.30. The van der Waals surface area contributed by atoms with Crippen LogP contribution < -0.4 is 5.32 Å². The minimum atomic E-state index is -3.65. The number of rotatable bonds is 6. The topological polar surface area (TPSA) is 66.5 Å². The number of sulfonamides is 1. The highest BCUT2D eigenvalue weighted by molar-refractivity contribution is 7.89. The smallest absolute Gasteiger partial charge is 0.258 e. The van der Waals surface area contributed by atoms with E-state index < -0.39 is 38.9 Å². The summed E-state index contributed by atoms with van der Waals surface area (Å²) in [7, 11) is -3.65. The van der Waals surface area contributed by atoms with Crippen molar-refractivity contribution in [2.45, 2.75) is 18.7 Å². The number of nitrogens with one attached hydrogen (secondary N) is 1. The van der Waals surface area contributed by atoms with E-state index in [1.807, 2.05) is 0 Å². The molecule has 0 heterocycles. The molecule has 0 aliphatic heterocycles. The van der Waals surface area contributed by atoms with Gasteiger partial charge in [0.1, 0.15) is 0 Å². The average molecular weight is 386 g/mol. The maximum absolute atomic E-state index is 13.6. The van der Waals surface area contributed by atoms with E-state index in [-0.39, 0.29) is 10.6 Å². The summed E-state index contributed by atoms with van der Waals surface area (Å²) in [6, 6.07) is 6.71. The predicted molar refractivity (Wildman–Crippen MR) is 90.8 cm³/mol. The van der Waals surface area contributed by atoms with Crippen LogP contribution in [0.3, 0.4) is 0 Å². The molecule has 2 rings (SSSR count).